The molecule has 188 valence electrons. The van der Waals surface area contributed by atoms with Gasteiger partial charge < -0.3 is 19.7 Å². The van der Waals surface area contributed by atoms with Gasteiger partial charge in [0.15, 0.2) is 19.0 Å². The highest BCUT2D eigenvalue weighted by Crippen LogP contribution is 2.33. The maximum absolute atomic E-state index is 12.8. The van der Waals surface area contributed by atoms with Crippen LogP contribution in [-0.4, -0.2) is 43.9 Å². The summed E-state index contributed by atoms with van der Waals surface area (Å²) in [5, 5.41) is 2.89. The van der Waals surface area contributed by atoms with Crippen molar-refractivity contribution in [3.63, 3.8) is 0 Å². The summed E-state index contributed by atoms with van der Waals surface area (Å²) in [6.07, 6.45) is 0.841. The van der Waals surface area contributed by atoms with Crippen molar-refractivity contribution in [2.24, 2.45) is 5.92 Å². The summed E-state index contributed by atoms with van der Waals surface area (Å²) in [6.45, 7) is 11.3. The minimum atomic E-state index is -0.196. The molecule has 7 heteroatoms. The molecular formula is C28H36N2O5. The van der Waals surface area contributed by atoms with Gasteiger partial charge in [-0.15, -0.1) is 0 Å². The number of fused-ring (bicyclic) bond motifs is 1. The normalized spacial score (nSPS) is 13.3. The molecule has 7 nitrogen and oxygen atoms in total. The predicted octanol–water partition coefficient (Wildman–Crippen LogP) is 4.52. The van der Waals surface area contributed by atoms with Crippen LogP contribution in [0.1, 0.15) is 63.4 Å². The molecule has 1 heterocycles. The van der Waals surface area contributed by atoms with Gasteiger partial charge >= 0.3 is 0 Å². The van der Waals surface area contributed by atoms with Crippen molar-refractivity contribution in [2.75, 3.05) is 31.2 Å². The fourth-order valence-electron chi connectivity index (χ4n) is 3.71. The largest absolute Gasteiger partial charge is 0.485 e. The Morgan fingerprint density at radius 1 is 1.11 bits per heavy atom. The van der Waals surface area contributed by atoms with Crippen LogP contribution in [0.25, 0.3) is 0 Å². The van der Waals surface area contributed by atoms with Crippen molar-refractivity contribution in [3.05, 3.63) is 53.6 Å². The van der Waals surface area contributed by atoms with Gasteiger partial charge in [-0.2, -0.15) is 0 Å². The fraction of sp³-hybridized carbons (Fsp3) is 0.464. The Morgan fingerprint density at radius 2 is 1.83 bits per heavy atom. The van der Waals surface area contributed by atoms with Crippen LogP contribution in [0.5, 0.6) is 11.5 Å². The first kappa shape index (κ1) is 26.3. The lowest BCUT2D eigenvalue weighted by atomic mass is 9.87. The van der Waals surface area contributed by atoms with Crippen molar-refractivity contribution < 1.29 is 23.9 Å². The molecule has 0 aliphatic carbocycles. The topological polar surface area (TPSA) is 84.9 Å². The number of carbonyl (C=O) groups excluding carboxylic acids is 3. The first-order valence-electron chi connectivity index (χ1n) is 12.1. The zero-order chi connectivity index (χ0) is 25.6. The SMILES string of the molecule is CC(C)CNC(=O)CCCN1C(=O)COc2ccc(C(=O)COc3ccc(C(C)(C)C)cc3)cc21. The van der Waals surface area contributed by atoms with E-state index < -0.39 is 0 Å². The van der Waals surface area contributed by atoms with Crippen LogP contribution in [0.15, 0.2) is 42.5 Å². The molecule has 1 aliphatic heterocycles. The van der Waals surface area contributed by atoms with Gasteiger partial charge in [0.05, 0.1) is 5.69 Å². The van der Waals surface area contributed by atoms with Crippen LogP contribution in [0, 0.1) is 5.92 Å². The van der Waals surface area contributed by atoms with Crippen molar-refractivity contribution in [1.82, 2.24) is 5.32 Å². The van der Waals surface area contributed by atoms with Gasteiger partial charge in [0.25, 0.3) is 5.91 Å². The molecular weight excluding hydrogens is 444 g/mol. The summed E-state index contributed by atoms with van der Waals surface area (Å²) in [5.41, 5.74) is 2.21. The van der Waals surface area contributed by atoms with E-state index >= 15 is 0 Å². The Bertz CT molecular complexity index is 1050. The van der Waals surface area contributed by atoms with Crippen molar-refractivity contribution in [1.29, 1.82) is 0 Å². The van der Waals surface area contributed by atoms with E-state index in [9.17, 15) is 14.4 Å². The zero-order valence-electron chi connectivity index (χ0n) is 21.3. The molecule has 0 unspecified atom stereocenters. The van der Waals surface area contributed by atoms with Crippen LogP contribution < -0.4 is 19.7 Å². The van der Waals surface area contributed by atoms with Gasteiger partial charge in [-0.1, -0.05) is 46.8 Å². The highest BCUT2D eigenvalue weighted by atomic mass is 16.5. The minimum Gasteiger partial charge on any atom is -0.485 e. The Kier molecular flexibility index (Phi) is 8.54. The summed E-state index contributed by atoms with van der Waals surface area (Å²) in [5.74, 6) is 1.13. The highest BCUT2D eigenvalue weighted by Gasteiger charge is 2.26. The smallest absolute Gasteiger partial charge is 0.265 e. The number of hydrogen-bond donors (Lipinski definition) is 1. The van der Waals surface area contributed by atoms with Gasteiger partial charge in [0.2, 0.25) is 5.91 Å². The van der Waals surface area contributed by atoms with E-state index in [1.807, 2.05) is 38.1 Å². The maximum Gasteiger partial charge on any atom is 0.265 e. The Hall–Kier alpha value is -3.35. The van der Waals surface area contributed by atoms with E-state index in [1.54, 1.807) is 23.1 Å². The number of benzene rings is 2. The fourth-order valence-corrected chi connectivity index (χ4v) is 3.71. The van der Waals surface area contributed by atoms with Gasteiger partial charge in [0, 0.05) is 25.1 Å². The Labute approximate surface area is 207 Å². The molecule has 1 aliphatic rings. The van der Waals surface area contributed by atoms with Gasteiger partial charge in [-0.05, 0) is 53.6 Å². The standard InChI is InChI=1S/C28H36N2O5/c1-19(2)16-29-26(32)7-6-14-30-23-15-20(8-13-25(23)35-18-27(30)33)24(31)17-34-22-11-9-21(10-12-22)28(3,4)5/h8-13,15,19H,6-7,14,16-18H2,1-5H3,(H,29,32). The maximum atomic E-state index is 12.8. The average molecular weight is 481 g/mol. The van der Waals surface area contributed by atoms with Gasteiger partial charge in [-0.3, -0.25) is 14.4 Å². The zero-order valence-corrected chi connectivity index (χ0v) is 21.3. The van der Waals surface area contributed by atoms with Crippen LogP contribution in [0.3, 0.4) is 0 Å². The summed E-state index contributed by atoms with van der Waals surface area (Å²) >= 11 is 0. The predicted molar refractivity (Wildman–Crippen MR) is 136 cm³/mol. The number of rotatable bonds is 10. The first-order chi connectivity index (χ1) is 16.5. The summed E-state index contributed by atoms with van der Waals surface area (Å²) < 4.78 is 11.3. The number of nitrogens with one attached hydrogen (secondary N) is 1. The Morgan fingerprint density at radius 3 is 2.49 bits per heavy atom. The van der Waals surface area contributed by atoms with Crippen molar-refractivity contribution in [2.45, 2.75) is 52.9 Å². The van der Waals surface area contributed by atoms with E-state index in [2.05, 4.69) is 26.1 Å². The molecule has 0 saturated heterocycles. The van der Waals surface area contributed by atoms with E-state index in [-0.39, 0.29) is 36.2 Å². The molecule has 2 aromatic carbocycles. The summed E-state index contributed by atoms with van der Waals surface area (Å²) in [4.78, 5) is 39.0. The second kappa shape index (κ2) is 11.4. The minimum absolute atomic E-state index is 0.0313. The number of ketones is 1. The third kappa shape index (κ3) is 7.31. The van der Waals surface area contributed by atoms with E-state index in [0.717, 1.165) is 0 Å². The lowest BCUT2D eigenvalue weighted by molar-refractivity contribution is -0.122. The lowest BCUT2D eigenvalue weighted by Gasteiger charge is -2.29. The number of ether oxygens (including phenoxy) is 2. The quantitative estimate of drug-likeness (QED) is 0.505. The monoisotopic (exact) mass is 480 g/mol. The molecule has 2 aromatic rings. The van der Waals surface area contributed by atoms with E-state index in [4.69, 9.17) is 9.47 Å². The van der Waals surface area contributed by atoms with E-state index in [0.29, 0.717) is 54.6 Å². The lowest BCUT2D eigenvalue weighted by Crippen LogP contribution is -2.40. The summed E-state index contributed by atoms with van der Waals surface area (Å²) in [6, 6.07) is 12.8. The molecule has 0 atom stereocenters. The van der Waals surface area contributed by atoms with Crippen molar-refractivity contribution in [3.8, 4) is 11.5 Å². The molecule has 0 saturated carbocycles. The molecule has 0 aromatic heterocycles. The molecule has 0 bridgehead atoms. The number of carbonyl (C=O) groups is 3. The van der Waals surface area contributed by atoms with Crippen LogP contribution in [-0.2, 0) is 15.0 Å². The first-order valence-corrected chi connectivity index (χ1v) is 12.1. The van der Waals surface area contributed by atoms with E-state index in [1.165, 1.54) is 5.56 Å². The number of amides is 2. The summed E-state index contributed by atoms with van der Waals surface area (Å²) in [7, 11) is 0. The average Bonchev–Trinajstić information content (AvgIpc) is 2.82. The van der Waals surface area contributed by atoms with Crippen molar-refractivity contribution >= 4 is 23.3 Å². The Balaban J connectivity index is 1.62. The third-order valence-corrected chi connectivity index (χ3v) is 5.81. The molecule has 2 amide bonds. The second-order valence-electron chi connectivity index (χ2n) is 10.3. The molecule has 0 fully saturated rings. The van der Waals surface area contributed by atoms with Crippen LogP contribution in [0.4, 0.5) is 5.69 Å². The number of nitrogens with zero attached hydrogens (tertiary/aromatic N) is 1. The molecule has 35 heavy (non-hydrogen) atoms. The number of Topliss-reactive ketones (excluding diaryl/α,β-unsaturated/α-hetero) is 1. The third-order valence-electron chi connectivity index (χ3n) is 5.81. The second-order valence-corrected chi connectivity index (χ2v) is 10.3. The van der Waals surface area contributed by atoms with Gasteiger partial charge in [0.1, 0.15) is 11.5 Å². The molecule has 0 spiro atoms. The van der Waals surface area contributed by atoms with Crippen LogP contribution in [0.2, 0.25) is 0 Å². The highest BCUT2D eigenvalue weighted by molar-refractivity contribution is 6.02. The molecule has 3 rings (SSSR count). The number of hydrogen-bond acceptors (Lipinski definition) is 5. The van der Waals surface area contributed by atoms with Crippen LogP contribution >= 0.6 is 0 Å². The molecule has 0 radical (unpaired) electrons. The number of anilines is 1. The van der Waals surface area contributed by atoms with Gasteiger partial charge in [-0.25, -0.2) is 0 Å². The molecule has 1 N–H and O–H groups in total.